The summed E-state index contributed by atoms with van der Waals surface area (Å²) >= 11 is 6.30. The lowest BCUT2D eigenvalue weighted by Gasteiger charge is -2.27. The number of fused-ring (bicyclic) bond motifs is 2. The van der Waals surface area contributed by atoms with E-state index >= 15 is 0 Å². The molecule has 10 nitrogen and oxygen atoms in total. The van der Waals surface area contributed by atoms with Crippen LogP contribution in [0.5, 0.6) is 0 Å². The molecule has 0 aliphatic carbocycles. The number of benzene rings is 1. The first kappa shape index (κ1) is 22.6. The second-order valence-electron chi connectivity index (χ2n) is 8.03. The number of anilines is 1. The van der Waals surface area contributed by atoms with Gasteiger partial charge in [-0.15, -0.1) is 0 Å². The SMILES string of the molecule is CC[C@H](O)CN(Cc1nn2ccc(Cl)c2c(=O)n1-c1ccccc1)c1ncnc2[nH]cc(C#N)c12. The van der Waals surface area contributed by atoms with Gasteiger partial charge in [-0.05, 0) is 24.6 Å². The summed E-state index contributed by atoms with van der Waals surface area (Å²) < 4.78 is 2.97. The van der Waals surface area contributed by atoms with Crippen molar-refractivity contribution in [3.05, 3.63) is 81.9 Å². The van der Waals surface area contributed by atoms with E-state index in [4.69, 9.17) is 16.7 Å². The van der Waals surface area contributed by atoms with Gasteiger partial charge in [-0.1, -0.05) is 36.7 Å². The molecule has 0 aliphatic rings. The highest BCUT2D eigenvalue weighted by atomic mass is 35.5. The number of aromatic nitrogens is 6. The van der Waals surface area contributed by atoms with Crippen LogP contribution in [0.4, 0.5) is 5.82 Å². The Kier molecular flexibility index (Phi) is 5.94. The highest BCUT2D eigenvalue weighted by Crippen LogP contribution is 2.28. The largest absolute Gasteiger partial charge is 0.391 e. The van der Waals surface area contributed by atoms with Gasteiger partial charge in [0.25, 0.3) is 5.56 Å². The minimum absolute atomic E-state index is 0.120. The van der Waals surface area contributed by atoms with Crippen LogP contribution < -0.4 is 10.5 Å². The lowest BCUT2D eigenvalue weighted by Crippen LogP contribution is -2.36. The van der Waals surface area contributed by atoms with Crippen LogP contribution in [0, 0.1) is 11.3 Å². The van der Waals surface area contributed by atoms with Gasteiger partial charge in [0.2, 0.25) is 0 Å². The predicted octanol–water partition coefficient (Wildman–Crippen LogP) is 3.06. The molecule has 176 valence electrons. The predicted molar refractivity (Wildman–Crippen MR) is 132 cm³/mol. The van der Waals surface area contributed by atoms with Crippen molar-refractivity contribution in [2.24, 2.45) is 0 Å². The van der Waals surface area contributed by atoms with Crippen molar-refractivity contribution < 1.29 is 5.11 Å². The van der Waals surface area contributed by atoms with Gasteiger partial charge in [0.15, 0.2) is 5.82 Å². The Bertz CT molecular complexity index is 1620. The zero-order valence-corrected chi connectivity index (χ0v) is 19.5. The number of aliphatic hydroxyl groups excluding tert-OH is 1. The Hall–Kier alpha value is -4.20. The summed E-state index contributed by atoms with van der Waals surface area (Å²) in [7, 11) is 0. The Balaban J connectivity index is 1.72. The van der Waals surface area contributed by atoms with Gasteiger partial charge in [-0.25, -0.2) is 14.5 Å². The maximum atomic E-state index is 13.6. The molecule has 0 radical (unpaired) electrons. The zero-order valence-electron chi connectivity index (χ0n) is 18.8. The maximum Gasteiger partial charge on any atom is 0.284 e. The van der Waals surface area contributed by atoms with E-state index in [1.165, 1.54) is 15.4 Å². The standard InChI is InChI=1S/C24H21ClN8O2/c1-2-17(34)12-31(23-20-15(10-26)11-27-22(20)28-14-29-23)13-19-30-32-9-8-18(25)21(32)24(35)33(19)16-6-4-3-5-7-16/h3-9,11,14,17,34H,2,12-13H2,1H3,(H,27,28,29)/t17-/m0/s1. The normalized spacial score (nSPS) is 12.2. The fourth-order valence-electron chi connectivity index (χ4n) is 4.07. The summed E-state index contributed by atoms with van der Waals surface area (Å²) in [5, 5.41) is 25.7. The van der Waals surface area contributed by atoms with Crippen molar-refractivity contribution in [3.63, 3.8) is 0 Å². The van der Waals surface area contributed by atoms with Gasteiger partial charge in [-0.2, -0.15) is 10.4 Å². The average Bonchev–Trinajstić information content (AvgIpc) is 3.47. The number of nitriles is 1. The molecule has 5 aromatic rings. The van der Waals surface area contributed by atoms with E-state index in [0.717, 1.165) is 0 Å². The number of aliphatic hydroxyl groups is 1. The monoisotopic (exact) mass is 488 g/mol. The Morgan fingerprint density at radius 1 is 1.26 bits per heavy atom. The van der Waals surface area contributed by atoms with E-state index in [1.807, 2.05) is 42.2 Å². The van der Waals surface area contributed by atoms with Gasteiger partial charge in [-0.3, -0.25) is 9.36 Å². The van der Waals surface area contributed by atoms with Crippen LogP contribution in [0.1, 0.15) is 24.7 Å². The third-order valence-corrected chi connectivity index (χ3v) is 6.13. The van der Waals surface area contributed by atoms with Crippen molar-refractivity contribution in [3.8, 4) is 11.8 Å². The summed E-state index contributed by atoms with van der Waals surface area (Å²) in [6, 6.07) is 12.9. The maximum absolute atomic E-state index is 13.6. The number of hydrogen-bond donors (Lipinski definition) is 2. The topological polar surface area (TPSA) is 128 Å². The van der Waals surface area contributed by atoms with Gasteiger partial charge < -0.3 is 15.0 Å². The number of rotatable bonds is 7. The lowest BCUT2D eigenvalue weighted by atomic mass is 10.2. The smallest absolute Gasteiger partial charge is 0.284 e. The van der Waals surface area contributed by atoms with E-state index in [-0.39, 0.29) is 24.2 Å². The highest BCUT2D eigenvalue weighted by Gasteiger charge is 2.23. The number of para-hydroxylation sites is 1. The van der Waals surface area contributed by atoms with Gasteiger partial charge in [0.1, 0.15) is 29.4 Å². The van der Waals surface area contributed by atoms with E-state index in [9.17, 15) is 15.2 Å². The summed E-state index contributed by atoms with van der Waals surface area (Å²) in [4.78, 5) is 27.1. The molecule has 35 heavy (non-hydrogen) atoms. The summed E-state index contributed by atoms with van der Waals surface area (Å²) in [6.45, 7) is 2.20. The van der Waals surface area contributed by atoms with Crippen molar-refractivity contribution in [1.29, 1.82) is 5.26 Å². The average molecular weight is 489 g/mol. The Morgan fingerprint density at radius 2 is 2.06 bits per heavy atom. The number of halogens is 1. The van der Waals surface area contributed by atoms with Gasteiger partial charge in [0.05, 0.1) is 34.3 Å². The van der Waals surface area contributed by atoms with E-state index < -0.39 is 6.10 Å². The van der Waals surface area contributed by atoms with Crippen LogP contribution >= 0.6 is 11.6 Å². The van der Waals surface area contributed by atoms with Crippen LogP contribution in [-0.4, -0.2) is 46.9 Å². The summed E-state index contributed by atoms with van der Waals surface area (Å²) in [5.41, 5.74) is 1.46. The third-order valence-electron chi connectivity index (χ3n) is 5.82. The van der Waals surface area contributed by atoms with Crippen LogP contribution in [0.15, 0.2) is 59.9 Å². The first-order valence-electron chi connectivity index (χ1n) is 11.0. The zero-order chi connectivity index (χ0) is 24.5. The summed E-state index contributed by atoms with van der Waals surface area (Å²) in [6.07, 6.45) is 4.43. The number of aromatic amines is 1. The summed E-state index contributed by atoms with van der Waals surface area (Å²) in [5.74, 6) is 0.866. The minimum atomic E-state index is -0.675. The molecule has 0 aliphatic heterocycles. The van der Waals surface area contributed by atoms with Gasteiger partial charge in [0, 0.05) is 18.9 Å². The molecule has 0 unspecified atom stereocenters. The van der Waals surface area contributed by atoms with Crippen molar-refractivity contribution in [1.82, 2.24) is 29.1 Å². The van der Waals surface area contributed by atoms with E-state index in [1.54, 1.807) is 18.5 Å². The lowest BCUT2D eigenvalue weighted by molar-refractivity contribution is 0.175. The molecular weight excluding hydrogens is 468 g/mol. The number of nitrogens with one attached hydrogen (secondary N) is 1. The molecule has 4 aromatic heterocycles. The Labute approximate surface area is 204 Å². The second kappa shape index (κ2) is 9.21. The Morgan fingerprint density at radius 3 is 2.80 bits per heavy atom. The third kappa shape index (κ3) is 4.01. The number of hydrogen-bond acceptors (Lipinski definition) is 7. The van der Waals surface area contributed by atoms with Crippen LogP contribution in [0.25, 0.3) is 22.2 Å². The molecule has 0 fully saturated rings. The highest BCUT2D eigenvalue weighted by molar-refractivity contribution is 6.33. The molecule has 11 heteroatoms. The van der Waals surface area contributed by atoms with Crippen LogP contribution in [0.3, 0.4) is 0 Å². The first-order valence-corrected chi connectivity index (χ1v) is 11.4. The fraction of sp³-hybridized carbons (Fsp3) is 0.208. The molecule has 0 amide bonds. The van der Waals surface area contributed by atoms with Gasteiger partial charge >= 0.3 is 0 Å². The second-order valence-corrected chi connectivity index (χ2v) is 8.43. The number of H-pyrrole nitrogens is 1. The van der Waals surface area contributed by atoms with Crippen molar-refractivity contribution >= 4 is 34.0 Å². The van der Waals surface area contributed by atoms with Crippen molar-refractivity contribution in [2.75, 3.05) is 11.4 Å². The molecule has 0 spiro atoms. The molecule has 1 aromatic carbocycles. The molecule has 1 atom stereocenters. The molecule has 4 heterocycles. The molecule has 2 N–H and O–H groups in total. The van der Waals surface area contributed by atoms with Crippen LogP contribution in [-0.2, 0) is 6.54 Å². The molecule has 0 saturated carbocycles. The minimum Gasteiger partial charge on any atom is -0.391 e. The quantitative estimate of drug-likeness (QED) is 0.360. The van der Waals surface area contributed by atoms with Crippen LogP contribution in [0.2, 0.25) is 5.02 Å². The molecule has 5 rings (SSSR count). The van der Waals surface area contributed by atoms with E-state index in [0.29, 0.717) is 45.4 Å². The van der Waals surface area contributed by atoms with Crippen molar-refractivity contribution in [2.45, 2.75) is 26.0 Å². The fourth-order valence-corrected chi connectivity index (χ4v) is 4.30. The molecular formula is C24H21ClN8O2. The molecule has 0 bridgehead atoms. The molecule has 0 saturated heterocycles. The first-order chi connectivity index (χ1) is 17.0. The number of nitrogens with zero attached hydrogens (tertiary/aromatic N) is 7. The van der Waals surface area contributed by atoms with E-state index in [2.05, 4.69) is 21.0 Å².